The van der Waals surface area contributed by atoms with Gasteiger partial charge in [0.1, 0.15) is 11.2 Å². The summed E-state index contributed by atoms with van der Waals surface area (Å²) in [6, 6.07) is 9.52. The number of halogens is 1. The average Bonchev–Trinajstić information content (AvgIpc) is 3.38. The standard InChI is InChI=1S/C19H18ClN3O2S/c1-11(12-2-3-12)22-17(24)9-23-10-21-15-8-16(26-18(15)19(23)25)13-4-6-14(20)7-5-13/h4-8,10-12H,2-3,9H2,1H3,(H,22,24)/t11-/m0/s1. The van der Waals surface area contributed by atoms with Crippen LogP contribution in [0.1, 0.15) is 19.8 Å². The number of hydrogen-bond acceptors (Lipinski definition) is 4. The molecule has 1 N–H and O–H groups in total. The molecule has 134 valence electrons. The maximum absolute atomic E-state index is 12.7. The second kappa shape index (κ2) is 6.85. The zero-order valence-corrected chi connectivity index (χ0v) is 15.8. The first-order chi connectivity index (χ1) is 12.5. The molecule has 1 aliphatic carbocycles. The van der Waals surface area contributed by atoms with Crippen LogP contribution < -0.4 is 10.9 Å². The Bertz CT molecular complexity index is 1020. The third-order valence-corrected chi connectivity index (χ3v) is 6.08. The van der Waals surface area contributed by atoms with Crippen molar-refractivity contribution in [1.82, 2.24) is 14.9 Å². The highest BCUT2D eigenvalue weighted by Gasteiger charge is 2.28. The SMILES string of the molecule is C[C@H](NC(=O)Cn1cnc2cc(-c3ccc(Cl)cc3)sc2c1=O)C1CC1. The topological polar surface area (TPSA) is 64.0 Å². The van der Waals surface area contributed by atoms with Crippen molar-refractivity contribution in [3.63, 3.8) is 0 Å². The third-order valence-electron chi connectivity index (χ3n) is 4.66. The van der Waals surface area contributed by atoms with Crippen molar-refractivity contribution in [3.05, 3.63) is 52.0 Å². The van der Waals surface area contributed by atoms with Gasteiger partial charge in [-0.2, -0.15) is 0 Å². The Balaban J connectivity index is 1.59. The number of nitrogens with zero attached hydrogens (tertiary/aromatic N) is 2. The first-order valence-corrected chi connectivity index (χ1v) is 9.75. The second-order valence-corrected chi connectivity index (χ2v) is 8.19. The molecule has 2 heterocycles. The molecule has 1 amide bonds. The van der Waals surface area contributed by atoms with Crippen LogP contribution in [-0.4, -0.2) is 21.5 Å². The Labute approximate surface area is 159 Å². The van der Waals surface area contributed by atoms with Gasteiger partial charge >= 0.3 is 0 Å². The van der Waals surface area contributed by atoms with Gasteiger partial charge < -0.3 is 5.32 Å². The molecule has 1 fully saturated rings. The minimum atomic E-state index is -0.186. The molecular formula is C19H18ClN3O2S. The Morgan fingerprint density at radius 3 is 2.81 bits per heavy atom. The first-order valence-electron chi connectivity index (χ1n) is 8.55. The third kappa shape index (κ3) is 3.52. The molecule has 0 aliphatic heterocycles. The second-order valence-electron chi connectivity index (χ2n) is 6.70. The van der Waals surface area contributed by atoms with Gasteiger partial charge in [-0.15, -0.1) is 11.3 Å². The van der Waals surface area contributed by atoms with E-state index in [1.165, 1.54) is 22.2 Å². The van der Waals surface area contributed by atoms with E-state index in [4.69, 9.17) is 11.6 Å². The first kappa shape index (κ1) is 17.2. The Morgan fingerprint density at radius 2 is 2.12 bits per heavy atom. The Morgan fingerprint density at radius 1 is 1.38 bits per heavy atom. The zero-order valence-electron chi connectivity index (χ0n) is 14.2. The summed E-state index contributed by atoms with van der Waals surface area (Å²) < 4.78 is 1.93. The summed E-state index contributed by atoms with van der Waals surface area (Å²) in [5.74, 6) is 0.428. The molecule has 26 heavy (non-hydrogen) atoms. The van der Waals surface area contributed by atoms with E-state index in [2.05, 4.69) is 10.3 Å². The molecule has 0 radical (unpaired) electrons. The summed E-state index contributed by atoms with van der Waals surface area (Å²) >= 11 is 7.31. The van der Waals surface area contributed by atoms with E-state index in [1.54, 1.807) is 0 Å². The molecule has 0 bridgehead atoms. The highest BCUT2D eigenvalue weighted by Crippen LogP contribution is 2.32. The molecule has 1 saturated carbocycles. The van der Waals surface area contributed by atoms with E-state index in [1.807, 2.05) is 37.3 Å². The van der Waals surface area contributed by atoms with Gasteiger partial charge in [0.05, 0.1) is 11.8 Å². The Hall–Kier alpha value is -2.18. The highest BCUT2D eigenvalue weighted by atomic mass is 35.5. The summed E-state index contributed by atoms with van der Waals surface area (Å²) in [5.41, 5.74) is 1.45. The van der Waals surface area contributed by atoms with Crippen LogP contribution in [0, 0.1) is 5.92 Å². The monoisotopic (exact) mass is 387 g/mol. The fourth-order valence-corrected chi connectivity index (χ4v) is 4.17. The van der Waals surface area contributed by atoms with Crippen LogP contribution in [0.5, 0.6) is 0 Å². The van der Waals surface area contributed by atoms with E-state index < -0.39 is 0 Å². The number of rotatable bonds is 5. The number of amides is 1. The van der Waals surface area contributed by atoms with E-state index in [-0.39, 0.29) is 24.1 Å². The van der Waals surface area contributed by atoms with Crippen molar-refractivity contribution in [3.8, 4) is 10.4 Å². The van der Waals surface area contributed by atoms with Crippen molar-refractivity contribution in [2.24, 2.45) is 5.92 Å². The maximum atomic E-state index is 12.7. The molecular weight excluding hydrogens is 370 g/mol. The predicted molar refractivity (Wildman–Crippen MR) is 105 cm³/mol. The van der Waals surface area contributed by atoms with Crippen molar-refractivity contribution < 1.29 is 4.79 Å². The number of carbonyl (C=O) groups is 1. The van der Waals surface area contributed by atoms with Gasteiger partial charge in [0, 0.05) is 15.9 Å². The molecule has 7 heteroatoms. The van der Waals surface area contributed by atoms with Crippen LogP contribution in [0.2, 0.25) is 5.02 Å². The van der Waals surface area contributed by atoms with Crippen molar-refractivity contribution in [2.45, 2.75) is 32.4 Å². The number of fused-ring (bicyclic) bond motifs is 1. The van der Waals surface area contributed by atoms with Crippen LogP contribution in [0.15, 0.2) is 41.5 Å². The van der Waals surface area contributed by atoms with Gasteiger partial charge in [-0.25, -0.2) is 4.98 Å². The minimum absolute atomic E-state index is 0.00693. The molecule has 5 nitrogen and oxygen atoms in total. The molecule has 1 aliphatic rings. The molecule has 1 atom stereocenters. The van der Waals surface area contributed by atoms with Crippen molar-refractivity contribution in [2.75, 3.05) is 0 Å². The van der Waals surface area contributed by atoms with E-state index in [0.29, 0.717) is 21.2 Å². The minimum Gasteiger partial charge on any atom is -0.352 e. The summed E-state index contributed by atoms with van der Waals surface area (Å²) in [6.07, 6.45) is 3.78. The number of aromatic nitrogens is 2. The molecule has 3 aromatic rings. The normalized spacial score (nSPS) is 15.2. The fourth-order valence-electron chi connectivity index (χ4n) is 2.98. The van der Waals surface area contributed by atoms with E-state index in [9.17, 15) is 9.59 Å². The lowest BCUT2D eigenvalue weighted by Gasteiger charge is -2.13. The summed E-state index contributed by atoms with van der Waals surface area (Å²) in [5, 5.41) is 3.63. The molecule has 1 aromatic carbocycles. The molecule has 4 rings (SSSR count). The predicted octanol–water partition coefficient (Wildman–Crippen LogP) is 3.69. The largest absolute Gasteiger partial charge is 0.352 e. The maximum Gasteiger partial charge on any atom is 0.271 e. The lowest BCUT2D eigenvalue weighted by Crippen LogP contribution is -2.38. The number of nitrogens with one attached hydrogen (secondary N) is 1. The van der Waals surface area contributed by atoms with Crippen LogP contribution in [0.25, 0.3) is 20.7 Å². The van der Waals surface area contributed by atoms with Crippen molar-refractivity contribution >= 4 is 39.1 Å². The average molecular weight is 388 g/mol. The lowest BCUT2D eigenvalue weighted by atomic mass is 10.2. The zero-order chi connectivity index (χ0) is 18.3. The lowest BCUT2D eigenvalue weighted by molar-refractivity contribution is -0.122. The van der Waals surface area contributed by atoms with Gasteiger partial charge in [0.25, 0.3) is 5.56 Å². The van der Waals surface area contributed by atoms with Gasteiger partial charge in [0.15, 0.2) is 0 Å². The number of hydrogen-bond donors (Lipinski definition) is 1. The molecule has 0 saturated heterocycles. The van der Waals surface area contributed by atoms with Crippen molar-refractivity contribution in [1.29, 1.82) is 0 Å². The van der Waals surface area contributed by atoms with Gasteiger partial charge in [-0.1, -0.05) is 23.7 Å². The fraction of sp³-hybridized carbons (Fsp3) is 0.316. The van der Waals surface area contributed by atoms with Gasteiger partial charge in [0.2, 0.25) is 5.91 Å². The summed E-state index contributed by atoms with van der Waals surface area (Å²) in [7, 11) is 0. The molecule has 0 unspecified atom stereocenters. The molecule has 0 spiro atoms. The van der Waals surface area contributed by atoms with E-state index >= 15 is 0 Å². The quantitative estimate of drug-likeness (QED) is 0.726. The summed E-state index contributed by atoms with van der Waals surface area (Å²) in [6.45, 7) is 2.00. The van der Waals surface area contributed by atoms with Gasteiger partial charge in [-0.3, -0.25) is 14.2 Å². The van der Waals surface area contributed by atoms with Crippen LogP contribution >= 0.6 is 22.9 Å². The number of benzene rings is 1. The van der Waals surface area contributed by atoms with Crippen LogP contribution in [-0.2, 0) is 11.3 Å². The summed E-state index contributed by atoms with van der Waals surface area (Å²) in [4.78, 5) is 30.2. The number of thiophene rings is 1. The number of carbonyl (C=O) groups excluding carboxylic acids is 1. The highest BCUT2D eigenvalue weighted by molar-refractivity contribution is 7.22. The van der Waals surface area contributed by atoms with E-state index in [0.717, 1.165) is 23.3 Å². The van der Waals surface area contributed by atoms with Gasteiger partial charge in [-0.05, 0) is 49.4 Å². The molecule has 2 aromatic heterocycles. The smallest absolute Gasteiger partial charge is 0.271 e. The Kier molecular flexibility index (Phi) is 4.54. The van der Waals surface area contributed by atoms with Crippen LogP contribution in [0.4, 0.5) is 0 Å². The van der Waals surface area contributed by atoms with Crippen LogP contribution in [0.3, 0.4) is 0 Å².